The molecule has 3 rings (SSSR count). The summed E-state index contributed by atoms with van der Waals surface area (Å²) in [5.74, 6) is 0. The molecule has 2 N–H and O–H groups in total. The zero-order chi connectivity index (χ0) is 13.2. The maximum atomic E-state index is 5.77. The molecule has 0 amide bonds. The van der Waals surface area contributed by atoms with E-state index in [2.05, 4.69) is 55.9 Å². The van der Waals surface area contributed by atoms with Crippen LogP contribution in [0.25, 0.3) is 10.9 Å². The predicted molar refractivity (Wildman–Crippen MR) is 80.9 cm³/mol. The Morgan fingerprint density at radius 1 is 1.16 bits per heavy atom. The van der Waals surface area contributed by atoms with Crippen LogP contribution in [0.1, 0.15) is 11.3 Å². The van der Waals surface area contributed by atoms with Crippen LogP contribution < -0.4 is 5.73 Å². The summed E-state index contributed by atoms with van der Waals surface area (Å²) >= 11 is 3.40. The van der Waals surface area contributed by atoms with Gasteiger partial charge in [-0.1, -0.05) is 12.1 Å². The van der Waals surface area contributed by atoms with E-state index in [9.17, 15) is 0 Å². The summed E-state index contributed by atoms with van der Waals surface area (Å²) < 4.78 is 3.20. The highest BCUT2D eigenvalue weighted by Crippen LogP contribution is 2.21. The fraction of sp³-hybridized carbons (Fsp3) is 0.133. The van der Waals surface area contributed by atoms with Gasteiger partial charge in [-0.15, -0.1) is 0 Å². The number of nitrogens with zero attached hydrogens (tertiary/aromatic N) is 2. The molecule has 0 unspecified atom stereocenters. The summed E-state index contributed by atoms with van der Waals surface area (Å²) in [7, 11) is 0. The summed E-state index contributed by atoms with van der Waals surface area (Å²) in [6, 6.07) is 12.4. The molecule has 0 saturated carbocycles. The second kappa shape index (κ2) is 5.15. The van der Waals surface area contributed by atoms with Crippen LogP contribution in [0.2, 0.25) is 0 Å². The zero-order valence-electron chi connectivity index (χ0n) is 10.4. The third kappa shape index (κ3) is 2.41. The van der Waals surface area contributed by atoms with E-state index in [0.29, 0.717) is 6.54 Å². The highest BCUT2D eigenvalue weighted by molar-refractivity contribution is 9.10. The molecular formula is C15H14BrN3. The number of aromatic nitrogens is 2. The van der Waals surface area contributed by atoms with E-state index >= 15 is 0 Å². The second-order valence-corrected chi connectivity index (χ2v) is 5.38. The first kappa shape index (κ1) is 12.4. The molecule has 1 aromatic carbocycles. The van der Waals surface area contributed by atoms with Crippen molar-refractivity contribution in [3.63, 3.8) is 0 Å². The topological polar surface area (TPSA) is 43.8 Å². The standard InChI is InChI=1S/C15H14BrN3/c16-12-4-5-13(18-9-12)10-19-7-6-14-11(8-17)2-1-3-15(14)19/h1-7,9H,8,10,17H2. The number of hydrogen-bond donors (Lipinski definition) is 1. The number of pyridine rings is 1. The Hall–Kier alpha value is -1.65. The molecule has 0 aliphatic heterocycles. The lowest BCUT2D eigenvalue weighted by Gasteiger charge is -2.06. The van der Waals surface area contributed by atoms with Crippen molar-refractivity contribution in [3.8, 4) is 0 Å². The van der Waals surface area contributed by atoms with E-state index in [1.165, 1.54) is 16.5 Å². The summed E-state index contributed by atoms with van der Waals surface area (Å²) in [5.41, 5.74) is 9.19. The van der Waals surface area contributed by atoms with Gasteiger partial charge >= 0.3 is 0 Å². The van der Waals surface area contributed by atoms with Crippen LogP contribution in [0.3, 0.4) is 0 Å². The summed E-state index contributed by atoms with van der Waals surface area (Å²) in [6.07, 6.45) is 3.92. The van der Waals surface area contributed by atoms with Crippen LogP contribution >= 0.6 is 15.9 Å². The fourth-order valence-corrected chi connectivity index (χ4v) is 2.51. The third-order valence-corrected chi connectivity index (χ3v) is 3.71. The second-order valence-electron chi connectivity index (χ2n) is 4.47. The number of halogens is 1. The Balaban J connectivity index is 1.99. The van der Waals surface area contributed by atoms with Gasteiger partial charge in [0.2, 0.25) is 0 Å². The van der Waals surface area contributed by atoms with Crippen LogP contribution in [0.15, 0.2) is 53.3 Å². The molecule has 0 bridgehead atoms. The zero-order valence-corrected chi connectivity index (χ0v) is 12.0. The molecule has 0 radical (unpaired) electrons. The van der Waals surface area contributed by atoms with Gasteiger partial charge in [0.25, 0.3) is 0 Å². The van der Waals surface area contributed by atoms with E-state index in [-0.39, 0.29) is 0 Å². The van der Waals surface area contributed by atoms with Gasteiger partial charge < -0.3 is 10.3 Å². The Morgan fingerprint density at radius 3 is 2.79 bits per heavy atom. The van der Waals surface area contributed by atoms with E-state index in [1.807, 2.05) is 18.3 Å². The molecule has 0 aliphatic rings. The Kier molecular flexibility index (Phi) is 3.36. The molecule has 0 saturated heterocycles. The lowest BCUT2D eigenvalue weighted by atomic mass is 10.1. The van der Waals surface area contributed by atoms with E-state index in [4.69, 9.17) is 5.73 Å². The van der Waals surface area contributed by atoms with Gasteiger partial charge in [0.15, 0.2) is 0 Å². The molecule has 4 heteroatoms. The molecular weight excluding hydrogens is 302 g/mol. The van der Waals surface area contributed by atoms with Crippen molar-refractivity contribution in [1.82, 2.24) is 9.55 Å². The minimum atomic E-state index is 0.567. The maximum absolute atomic E-state index is 5.77. The Bertz CT molecular complexity index is 701. The molecule has 2 aromatic heterocycles. The average Bonchev–Trinajstić information content (AvgIpc) is 2.84. The molecule has 0 fully saturated rings. The molecule has 0 aliphatic carbocycles. The molecule has 0 spiro atoms. The predicted octanol–water partition coefficient (Wildman–Crippen LogP) is 3.31. The van der Waals surface area contributed by atoms with Gasteiger partial charge in [-0.3, -0.25) is 4.98 Å². The first-order valence-electron chi connectivity index (χ1n) is 6.15. The number of hydrogen-bond acceptors (Lipinski definition) is 2. The van der Waals surface area contributed by atoms with Gasteiger partial charge in [-0.05, 0) is 45.8 Å². The monoisotopic (exact) mass is 315 g/mol. The normalized spacial score (nSPS) is 11.1. The lowest BCUT2D eigenvalue weighted by molar-refractivity contribution is 0.806. The smallest absolute Gasteiger partial charge is 0.0648 e. The van der Waals surface area contributed by atoms with Crippen molar-refractivity contribution in [2.24, 2.45) is 5.73 Å². The highest BCUT2D eigenvalue weighted by atomic mass is 79.9. The van der Waals surface area contributed by atoms with Gasteiger partial charge in [0.05, 0.1) is 12.2 Å². The first-order valence-corrected chi connectivity index (χ1v) is 6.94. The molecule has 0 atom stereocenters. The molecule has 96 valence electrons. The Morgan fingerprint density at radius 2 is 2.05 bits per heavy atom. The minimum absolute atomic E-state index is 0.567. The van der Waals surface area contributed by atoms with E-state index < -0.39 is 0 Å². The van der Waals surface area contributed by atoms with Gasteiger partial charge in [0.1, 0.15) is 0 Å². The van der Waals surface area contributed by atoms with Gasteiger partial charge in [-0.2, -0.15) is 0 Å². The van der Waals surface area contributed by atoms with Crippen molar-refractivity contribution in [2.45, 2.75) is 13.1 Å². The maximum Gasteiger partial charge on any atom is 0.0648 e. The fourth-order valence-electron chi connectivity index (χ4n) is 2.28. The third-order valence-electron chi connectivity index (χ3n) is 3.24. The van der Waals surface area contributed by atoms with E-state index in [0.717, 1.165) is 16.7 Å². The lowest BCUT2D eigenvalue weighted by Crippen LogP contribution is -2.01. The Labute approximate surface area is 120 Å². The molecule has 3 nitrogen and oxygen atoms in total. The van der Waals surface area contributed by atoms with Crippen molar-refractivity contribution in [1.29, 1.82) is 0 Å². The minimum Gasteiger partial charge on any atom is -0.341 e. The molecule has 3 aromatic rings. The number of benzene rings is 1. The van der Waals surface area contributed by atoms with Crippen molar-refractivity contribution in [3.05, 3.63) is 64.5 Å². The van der Waals surface area contributed by atoms with Crippen molar-refractivity contribution < 1.29 is 0 Å². The number of rotatable bonds is 3. The van der Waals surface area contributed by atoms with Crippen LogP contribution in [0.4, 0.5) is 0 Å². The molecule has 19 heavy (non-hydrogen) atoms. The quantitative estimate of drug-likeness (QED) is 0.806. The van der Waals surface area contributed by atoms with Crippen LogP contribution in [-0.4, -0.2) is 9.55 Å². The first-order chi connectivity index (χ1) is 9.28. The number of nitrogens with two attached hydrogens (primary N) is 1. The average molecular weight is 316 g/mol. The van der Waals surface area contributed by atoms with Gasteiger partial charge in [-0.25, -0.2) is 0 Å². The van der Waals surface area contributed by atoms with Crippen molar-refractivity contribution >= 4 is 26.8 Å². The summed E-state index contributed by atoms with van der Waals surface area (Å²) in [6.45, 7) is 1.34. The van der Waals surface area contributed by atoms with Crippen LogP contribution in [-0.2, 0) is 13.1 Å². The van der Waals surface area contributed by atoms with Gasteiger partial charge in [0, 0.05) is 34.3 Å². The summed E-state index contributed by atoms with van der Waals surface area (Å²) in [5, 5.41) is 1.22. The molecule has 2 heterocycles. The summed E-state index contributed by atoms with van der Waals surface area (Å²) in [4.78, 5) is 4.41. The largest absolute Gasteiger partial charge is 0.341 e. The van der Waals surface area contributed by atoms with Crippen LogP contribution in [0.5, 0.6) is 0 Å². The highest BCUT2D eigenvalue weighted by Gasteiger charge is 2.05. The van der Waals surface area contributed by atoms with Crippen molar-refractivity contribution in [2.75, 3.05) is 0 Å². The van der Waals surface area contributed by atoms with E-state index in [1.54, 1.807) is 0 Å². The SMILES string of the molecule is NCc1cccc2c1ccn2Cc1ccc(Br)cn1. The number of fused-ring (bicyclic) bond motifs is 1. The van der Waals surface area contributed by atoms with Crippen LogP contribution in [0, 0.1) is 0 Å².